The van der Waals surface area contributed by atoms with Crippen LogP contribution in [0.4, 0.5) is 0 Å². The van der Waals surface area contributed by atoms with Gasteiger partial charge in [0.05, 0.1) is 0 Å². The van der Waals surface area contributed by atoms with E-state index in [0.717, 1.165) is 13.1 Å². The molecule has 1 N–H and O–H groups in total. The van der Waals surface area contributed by atoms with E-state index in [2.05, 4.69) is 40.5 Å². The molecule has 0 bridgehead atoms. The number of nitrogens with zero attached hydrogens (tertiary/aromatic N) is 1. The molecule has 1 saturated heterocycles. The van der Waals surface area contributed by atoms with Crippen LogP contribution in [0.1, 0.15) is 25.3 Å². The van der Waals surface area contributed by atoms with Crippen LogP contribution in [0, 0.1) is 0 Å². The van der Waals surface area contributed by atoms with Crippen molar-refractivity contribution >= 4 is 11.3 Å². The van der Waals surface area contributed by atoms with Gasteiger partial charge in [0.25, 0.3) is 0 Å². The van der Waals surface area contributed by atoms with E-state index in [-0.39, 0.29) is 0 Å². The molecule has 1 fully saturated rings. The second-order valence-electron chi connectivity index (χ2n) is 5.02. The maximum absolute atomic E-state index is 3.98. The van der Waals surface area contributed by atoms with E-state index < -0.39 is 0 Å². The molecule has 94 valence electrons. The molecule has 0 aliphatic carbocycles. The molecule has 0 atom stereocenters. The van der Waals surface area contributed by atoms with Crippen LogP contribution in [0.5, 0.6) is 0 Å². The SMILES string of the molecule is C=C(C)CN1CCC(NCc2ccsc2)CC1. The maximum Gasteiger partial charge on any atom is 0.0216 e. The summed E-state index contributed by atoms with van der Waals surface area (Å²) >= 11 is 1.78. The van der Waals surface area contributed by atoms with Crippen molar-refractivity contribution in [1.82, 2.24) is 10.2 Å². The van der Waals surface area contributed by atoms with E-state index in [1.165, 1.54) is 37.1 Å². The fourth-order valence-corrected chi connectivity index (χ4v) is 3.00. The van der Waals surface area contributed by atoms with Crippen LogP contribution in [-0.4, -0.2) is 30.6 Å². The van der Waals surface area contributed by atoms with Crippen LogP contribution >= 0.6 is 11.3 Å². The van der Waals surface area contributed by atoms with Gasteiger partial charge in [-0.1, -0.05) is 12.2 Å². The van der Waals surface area contributed by atoms with Gasteiger partial charge in [-0.3, -0.25) is 4.90 Å². The molecule has 1 aromatic heterocycles. The van der Waals surface area contributed by atoms with Gasteiger partial charge in [-0.15, -0.1) is 0 Å². The van der Waals surface area contributed by atoms with Crippen molar-refractivity contribution in [3.05, 3.63) is 34.5 Å². The molecule has 1 aliphatic rings. The van der Waals surface area contributed by atoms with Gasteiger partial charge in [-0.25, -0.2) is 0 Å². The first-order chi connectivity index (χ1) is 8.24. The summed E-state index contributed by atoms with van der Waals surface area (Å²) in [6.45, 7) is 10.6. The van der Waals surface area contributed by atoms with Gasteiger partial charge in [0, 0.05) is 19.1 Å². The van der Waals surface area contributed by atoms with Gasteiger partial charge in [0.1, 0.15) is 0 Å². The summed E-state index contributed by atoms with van der Waals surface area (Å²) in [6.07, 6.45) is 2.52. The van der Waals surface area contributed by atoms with E-state index in [4.69, 9.17) is 0 Å². The number of thiophene rings is 1. The molecule has 0 radical (unpaired) electrons. The highest BCUT2D eigenvalue weighted by Crippen LogP contribution is 2.13. The molecule has 0 unspecified atom stereocenters. The Balaban J connectivity index is 1.67. The largest absolute Gasteiger partial charge is 0.310 e. The van der Waals surface area contributed by atoms with Crippen LogP contribution in [-0.2, 0) is 6.54 Å². The second-order valence-corrected chi connectivity index (χ2v) is 5.80. The van der Waals surface area contributed by atoms with E-state index in [1.54, 1.807) is 11.3 Å². The van der Waals surface area contributed by atoms with Crippen molar-refractivity contribution in [2.45, 2.75) is 32.4 Å². The van der Waals surface area contributed by atoms with Crippen LogP contribution < -0.4 is 5.32 Å². The molecule has 0 saturated carbocycles. The minimum absolute atomic E-state index is 0.691. The van der Waals surface area contributed by atoms with E-state index >= 15 is 0 Å². The molecular formula is C14H22N2S. The third-order valence-electron chi connectivity index (χ3n) is 3.26. The van der Waals surface area contributed by atoms with Crippen LogP contribution in [0.15, 0.2) is 29.0 Å². The van der Waals surface area contributed by atoms with Gasteiger partial charge in [0.2, 0.25) is 0 Å². The van der Waals surface area contributed by atoms with Crippen LogP contribution in [0.25, 0.3) is 0 Å². The fraction of sp³-hybridized carbons (Fsp3) is 0.571. The van der Waals surface area contributed by atoms with Crippen molar-refractivity contribution in [2.24, 2.45) is 0 Å². The smallest absolute Gasteiger partial charge is 0.0216 e. The first-order valence-electron chi connectivity index (χ1n) is 6.35. The molecule has 2 nitrogen and oxygen atoms in total. The second kappa shape index (κ2) is 6.34. The van der Waals surface area contributed by atoms with Gasteiger partial charge >= 0.3 is 0 Å². The highest BCUT2D eigenvalue weighted by atomic mass is 32.1. The molecule has 3 heteroatoms. The standard InChI is InChI=1S/C14H22N2S/c1-12(2)10-16-6-3-14(4-7-16)15-9-13-5-8-17-11-13/h5,8,11,14-15H,1,3-4,6-7,9-10H2,2H3. The molecule has 0 spiro atoms. The highest BCUT2D eigenvalue weighted by Gasteiger charge is 2.18. The molecule has 1 aromatic rings. The molecule has 0 aromatic carbocycles. The first kappa shape index (κ1) is 12.8. The number of likely N-dealkylation sites (tertiary alicyclic amines) is 1. The topological polar surface area (TPSA) is 15.3 Å². The molecule has 1 aliphatic heterocycles. The predicted octanol–water partition coefficient (Wildman–Crippen LogP) is 2.88. The molecule has 2 heterocycles. The Kier molecular flexibility index (Phi) is 4.77. The van der Waals surface area contributed by atoms with E-state index in [9.17, 15) is 0 Å². The minimum Gasteiger partial charge on any atom is -0.310 e. The Morgan fingerprint density at radius 1 is 1.53 bits per heavy atom. The van der Waals surface area contributed by atoms with E-state index in [1.807, 2.05) is 0 Å². The Bertz CT molecular complexity index is 337. The average Bonchev–Trinajstić information content (AvgIpc) is 2.80. The third-order valence-corrected chi connectivity index (χ3v) is 3.99. The van der Waals surface area contributed by atoms with Gasteiger partial charge in [-0.2, -0.15) is 11.3 Å². The maximum atomic E-state index is 3.98. The summed E-state index contributed by atoms with van der Waals surface area (Å²) in [4.78, 5) is 2.51. The van der Waals surface area contributed by atoms with Gasteiger partial charge < -0.3 is 5.32 Å². The zero-order chi connectivity index (χ0) is 12.1. The Morgan fingerprint density at radius 2 is 2.29 bits per heavy atom. The average molecular weight is 250 g/mol. The van der Waals surface area contributed by atoms with Crippen LogP contribution in [0.3, 0.4) is 0 Å². The van der Waals surface area contributed by atoms with Crippen molar-refractivity contribution in [2.75, 3.05) is 19.6 Å². The fourth-order valence-electron chi connectivity index (χ4n) is 2.33. The summed E-state index contributed by atoms with van der Waals surface area (Å²) in [5.41, 5.74) is 2.69. The minimum atomic E-state index is 0.691. The van der Waals surface area contributed by atoms with Crippen molar-refractivity contribution in [3.8, 4) is 0 Å². The molecular weight excluding hydrogens is 228 g/mol. The quantitative estimate of drug-likeness (QED) is 0.808. The third kappa shape index (κ3) is 4.26. The summed E-state index contributed by atoms with van der Waals surface area (Å²) in [7, 11) is 0. The summed E-state index contributed by atoms with van der Waals surface area (Å²) in [5, 5.41) is 8.03. The van der Waals surface area contributed by atoms with Crippen molar-refractivity contribution in [1.29, 1.82) is 0 Å². The number of piperidine rings is 1. The number of rotatable bonds is 5. The zero-order valence-electron chi connectivity index (χ0n) is 10.6. The number of nitrogens with one attached hydrogen (secondary N) is 1. The lowest BCUT2D eigenvalue weighted by Crippen LogP contribution is -2.42. The zero-order valence-corrected chi connectivity index (χ0v) is 11.4. The Morgan fingerprint density at radius 3 is 2.88 bits per heavy atom. The normalized spacial score (nSPS) is 18.4. The highest BCUT2D eigenvalue weighted by molar-refractivity contribution is 7.07. The lowest BCUT2D eigenvalue weighted by molar-refractivity contribution is 0.211. The lowest BCUT2D eigenvalue weighted by atomic mass is 10.0. The monoisotopic (exact) mass is 250 g/mol. The van der Waals surface area contributed by atoms with Gasteiger partial charge in [0.15, 0.2) is 0 Å². The molecule has 2 rings (SSSR count). The molecule has 0 amide bonds. The first-order valence-corrected chi connectivity index (χ1v) is 7.29. The lowest BCUT2D eigenvalue weighted by Gasteiger charge is -2.32. The van der Waals surface area contributed by atoms with Gasteiger partial charge in [-0.05, 0) is 55.2 Å². The summed E-state index contributed by atoms with van der Waals surface area (Å²) in [6, 6.07) is 2.89. The van der Waals surface area contributed by atoms with Crippen LogP contribution in [0.2, 0.25) is 0 Å². The predicted molar refractivity (Wildman–Crippen MR) is 75.4 cm³/mol. The van der Waals surface area contributed by atoms with E-state index in [0.29, 0.717) is 6.04 Å². The number of hydrogen-bond donors (Lipinski definition) is 1. The van der Waals surface area contributed by atoms with Crippen molar-refractivity contribution in [3.63, 3.8) is 0 Å². The molecule has 17 heavy (non-hydrogen) atoms. The summed E-state index contributed by atoms with van der Waals surface area (Å²) < 4.78 is 0. The number of hydrogen-bond acceptors (Lipinski definition) is 3. The van der Waals surface area contributed by atoms with Crippen molar-refractivity contribution < 1.29 is 0 Å². The Hall–Kier alpha value is -0.640. The Labute approximate surface area is 108 Å². The summed E-state index contributed by atoms with van der Waals surface area (Å²) in [5.74, 6) is 0.